The van der Waals surface area contributed by atoms with Crippen molar-refractivity contribution in [2.45, 2.75) is 32.2 Å². The molecule has 3 aromatic rings. The van der Waals surface area contributed by atoms with E-state index in [2.05, 4.69) is 11.4 Å². The standard InChI is InChI=1S/C23H24N2O4/c1-2-29-22(27)12-11-21(26)25-20(23(24)28)14-19-17-9-5-3-7-15(17)13-16-8-4-6-10-18(16)19/h3-10,13,20H,2,11-12,14H2,1H3,(H2,24,28)(H,25,26)/t20-/m1/s1. The first kappa shape index (κ1) is 20.3. The van der Waals surface area contributed by atoms with Gasteiger partial charge in [-0.3, -0.25) is 14.4 Å². The van der Waals surface area contributed by atoms with Crippen LogP contribution >= 0.6 is 0 Å². The maximum atomic E-state index is 12.3. The van der Waals surface area contributed by atoms with Gasteiger partial charge in [0.05, 0.1) is 13.0 Å². The van der Waals surface area contributed by atoms with Crippen LogP contribution in [0.5, 0.6) is 0 Å². The molecule has 0 radical (unpaired) electrons. The summed E-state index contributed by atoms with van der Waals surface area (Å²) in [5, 5.41) is 6.80. The number of hydrogen-bond acceptors (Lipinski definition) is 4. The number of carbonyl (C=O) groups excluding carboxylic acids is 3. The van der Waals surface area contributed by atoms with Gasteiger partial charge in [-0.05, 0) is 40.1 Å². The number of nitrogens with one attached hydrogen (secondary N) is 1. The molecule has 0 aliphatic rings. The molecule has 3 aromatic carbocycles. The Morgan fingerprint density at radius 1 is 0.966 bits per heavy atom. The van der Waals surface area contributed by atoms with E-state index in [0.29, 0.717) is 0 Å². The van der Waals surface area contributed by atoms with Gasteiger partial charge in [0.25, 0.3) is 0 Å². The Labute approximate surface area is 169 Å². The van der Waals surface area contributed by atoms with Crippen LogP contribution in [0.25, 0.3) is 21.5 Å². The van der Waals surface area contributed by atoms with Gasteiger partial charge in [-0.15, -0.1) is 0 Å². The number of rotatable bonds is 8. The number of hydrogen-bond donors (Lipinski definition) is 2. The largest absolute Gasteiger partial charge is 0.466 e. The smallest absolute Gasteiger partial charge is 0.306 e. The molecule has 0 bridgehead atoms. The van der Waals surface area contributed by atoms with E-state index >= 15 is 0 Å². The van der Waals surface area contributed by atoms with E-state index in [-0.39, 0.29) is 25.9 Å². The van der Waals surface area contributed by atoms with Crippen LogP contribution < -0.4 is 11.1 Å². The van der Waals surface area contributed by atoms with Gasteiger partial charge in [-0.25, -0.2) is 0 Å². The molecule has 6 nitrogen and oxygen atoms in total. The molecular formula is C23H24N2O4. The Morgan fingerprint density at radius 2 is 1.55 bits per heavy atom. The number of esters is 1. The first-order valence-electron chi connectivity index (χ1n) is 9.63. The minimum absolute atomic E-state index is 0.0393. The van der Waals surface area contributed by atoms with Gasteiger partial charge in [0.15, 0.2) is 0 Å². The lowest BCUT2D eigenvalue weighted by Gasteiger charge is -2.18. The van der Waals surface area contributed by atoms with Crippen LogP contribution in [0.3, 0.4) is 0 Å². The number of primary amides is 1. The van der Waals surface area contributed by atoms with Gasteiger partial charge < -0.3 is 15.8 Å². The zero-order valence-corrected chi connectivity index (χ0v) is 16.3. The van der Waals surface area contributed by atoms with Crippen molar-refractivity contribution < 1.29 is 19.1 Å². The van der Waals surface area contributed by atoms with Gasteiger partial charge >= 0.3 is 5.97 Å². The van der Waals surface area contributed by atoms with Crippen LogP contribution in [0.2, 0.25) is 0 Å². The Kier molecular flexibility index (Phi) is 6.44. The van der Waals surface area contributed by atoms with E-state index in [9.17, 15) is 14.4 Å². The summed E-state index contributed by atoms with van der Waals surface area (Å²) < 4.78 is 4.83. The number of carbonyl (C=O) groups is 3. The highest BCUT2D eigenvalue weighted by atomic mass is 16.5. The zero-order valence-electron chi connectivity index (χ0n) is 16.3. The number of fused-ring (bicyclic) bond motifs is 2. The molecule has 0 spiro atoms. The second-order valence-corrected chi connectivity index (χ2v) is 6.83. The normalized spacial score (nSPS) is 11.9. The predicted octanol–water partition coefficient (Wildman–Crippen LogP) is 2.85. The number of nitrogens with two attached hydrogens (primary N) is 1. The van der Waals surface area contributed by atoms with Gasteiger partial charge in [-0.2, -0.15) is 0 Å². The molecule has 3 N–H and O–H groups in total. The number of ether oxygens (including phenoxy) is 1. The van der Waals surface area contributed by atoms with Crippen molar-refractivity contribution in [3.8, 4) is 0 Å². The van der Waals surface area contributed by atoms with E-state index in [1.54, 1.807) is 6.92 Å². The van der Waals surface area contributed by atoms with Gasteiger partial charge in [-0.1, -0.05) is 48.5 Å². The van der Waals surface area contributed by atoms with Crippen molar-refractivity contribution in [2.75, 3.05) is 6.61 Å². The van der Waals surface area contributed by atoms with Crippen LogP contribution in [0.4, 0.5) is 0 Å². The zero-order chi connectivity index (χ0) is 20.8. The molecule has 0 aliphatic heterocycles. The third-order valence-corrected chi connectivity index (χ3v) is 4.83. The first-order valence-corrected chi connectivity index (χ1v) is 9.63. The minimum atomic E-state index is -0.876. The Balaban J connectivity index is 1.87. The van der Waals surface area contributed by atoms with E-state index in [1.807, 2.05) is 48.5 Å². The van der Waals surface area contributed by atoms with E-state index in [4.69, 9.17) is 10.5 Å². The second kappa shape index (κ2) is 9.19. The SMILES string of the molecule is CCOC(=O)CCC(=O)N[C@H](Cc1c2ccccc2cc2ccccc12)C(N)=O. The van der Waals surface area contributed by atoms with Crippen LogP contribution in [0.15, 0.2) is 54.6 Å². The molecule has 0 unspecified atom stereocenters. The topological polar surface area (TPSA) is 98.5 Å². The highest BCUT2D eigenvalue weighted by molar-refractivity contribution is 6.03. The molecule has 3 rings (SSSR count). The van der Waals surface area contributed by atoms with Crippen molar-refractivity contribution >= 4 is 39.3 Å². The summed E-state index contributed by atoms with van der Waals surface area (Å²) in [5.41, 5.74) is 6.53. The van der Waals surface area contributed by atoms with Crippen LogP contribution in [-0.2, 0) is 25.5 Å². The molecule has 0 heterocycles. The Bertz CT molecular complexity index is 1010. The maximum Gasteiger partial charge on any atom is 0.306 e. The second-order valence-electron chi connectivity index (χ2n) is 6.83. The fraction of sp³-hybridized carbons (Fsp3) is 0.261. The monoisotopic (exact) mass is 392 g/mol. The summed E-state index contributed by atoms with van der Waals surface area (Å²) >= 11 is 0. The molecule has 150 valence electrons. The molecule has 1 atom stereocenters. The molecular weight excluding hydrogens is 368 g/mol. The molecule has 2 amide bonds. The molecule has 0 aliphatic carbocycles. The third kappa shape index (κ3) is 4.90. The third-order valence-electron chi connectivity index (χ3n) is 4.83. The lowest BCUT2D eigenvalue weighted by molar-refractivity contribution is -0.144. The lowest BCUT2D eigenvalue weighted by atomic mass is 9.92. The number of benzene rings is 3. The summed E-state index contributed by atoms with van der Waals surface area (Å²) in [5.74, 6) is -1.48. The van der Waals surface area contributed by atoms with Crippen molar-refractivity contribution in [3.63, 3.8) is 0 Å². The molecule has 6 heteroatoms. The van der Waals surface area contributed by atoms with E-state index in [0.717, 1.165) is 27.1 Å². The lowest BCUT2D eigenvalue weighted by Crippen LogP contribution is -2.46. The molecule has 29 heavy (non-hydrogen) atoms. The van der Waals surface area contributed by atoms with Crippen LogP contribution in [0, 0.1) is 0 Å². The van der Waals surface area contributed by atoms with Gasteiger partial charge in [0.1, 0.15) is 6.04 Å². The summed E-state index contributed by atoms with van der Waals surface area (Å²) in [6.07, 6.45) is 0.170. The van der Waals surface area contributed by atoms with Gasteiger partial charge in [0, 0.05) is 12.8 Å². The molecule has 0 aromatic heterocycles. The van der Waals surface area contributed by atoms with E-state index in [1.165, 1.54) is 0 Å². The molecule has 0 saturated carbocycles. The fourth-order valence-corrected chi connectivity index (χ4v) is 3.47. The van der Waals surface area contributed by atoms with Crippen LogP contribution in [-0.4, -0.2) is 30.4 Å². The molecule has 0 fully saturated rings. The van der Waals surface area contributed by atoms with Crippen molar-refractivity contribution in [1.29, 1.82) is 0 Å². The molecule has 0 saturated heterocycles. The Morgan fingerprint density at radius 3 is 2.10 bits per heavy atom. The van der Waals surface area contributed by atoms with Crippen LogP contribution in [0.1, 0.15) is 25.3 Å². The summed E-state index contributed by atoms with van der Waals surface area (Å²) in [6.45, 7) is 1.97. The quantitative estimate of drug-likeness (QED) is 0.455. The summed E-state index contributed by atoms with van der Waals surface area (Å²) in [6, 6.07) is 17.1. The minimum Gasteiger partial charge on any atom is -0.466 e. The maximum absolute atomic E-state index is 12.3. The average molecular weight is 392 g/mol. The van der Waals surface area contributed by atoms with Crippen molar-refractivity contribution in [3.05, 3.63) is 60.2 Å². The highest BCUT2D eigenvalue weighted by Gasteiger charge is 2.21. The van der Waals surface area contributed by atoms with Crippen molar-refractivity contribution in [1.82, 2.24) is 5.32 Å². The average Bonchev–Trinajstić information content (AvgIpc) is 2.71. The summed E-state index contributed by atoms with van der Waals surface area (Å²) in [7, 11) is 0. The van der Waals surface area contributed by atoms with Gasteiger partial charge in [0.2, 0.25) is 11.8 Å². The Hall–Kier alpha value is -3.41. The first-order chi connectivity index (χ1) is 14.0. The fourth-order valence-electron chi connectivity index (χ4n) is 3.47. The van der Waals surface area contributed by atoms with E-state index < -0.39 is 23.8 Å². The summed E-state index contributed by atoms with van der Waals surface area (Å²) in [4.78, 5) is 35.8. The van der Waals surface area contributed by atoms with Crippen molar-refractivity contribution in [2.24, 2.45) is 5.73 Å². The number of amides is 2. The predicted molar refractivity (Wildman–Crippen MR) is 112 cm³/mol. The highest BCUT2D eigenvalue weighted by Crippen LogP contribution is 2.29.